The Morgan fingerprint density at radius 3 is 2.50 bits per heavy atom. The first-order chi connectivity index (χ1) is 9.61. The first kappa shape index (κ1) is 14.3. The van der Waals surface area contributed by atoms with E-state index in [0.717, 1.165) is 22.5 Å². The van der Waals surface area contributed by atoms with Crippen LogP contribution in [0.15, 0.2) is 51.7 Å². The van der Waals surface area contributed by atoms with E-state index in [4.69, 9.17) is 4.42 Å². The van der Waals surface area contributed by atoms with Crippen molar-refractivity contribution in [3.8, 4) is 11.1 Å². The van der Waals surface area contributed by atoms with Gasteiger partial charge in [-0.15, -0.1) is 0 Å². The third-order valence-electron chi connectivity index (χ3n) is 3.13. The molecule has 1 aromatic heterocycles. The van der Waals surface area contributed by atoms with Crippen LogP contribution in [0, 0.1) is 5.92 Å². The molecule has 0 aliphatic carbocycles. The van der Waals surface area contributed by atoms with E-state index in [1.165, 1.54) is 0 Å². The van der Waals surface area contributed by atoms with Crippen LogP contribution in [-0.4, -0.2) is 0 Å². The van der Waals surface area contributed by atoms with Gasteiger partial charge in [0, 0.05) is 18.1 Å². The number of benzene rings is 1. The van der Waals surface area contributed by atoms with Gasteiger partial charge in [-0.1, -0.05) is 63.3 Å². The van der Waals surface area contributed by atoms with Gasteiger partial charge < -0.3 is 4.42 Å². The summed E-state index contributed by atoms with van der Waals surface area (Å²) in [6, 6.07) is 11.5. The molecular formula is C18H20O2. The van der Waals surface area contributed by atoms with Gasteiger partial charge in [0.25, 0.3) is 0 Å². The smallest absolute Gasteiger partial charge is 0.336 e. The van der Waals surface area contributed by atoms with Crippen molar-refractivity contribution in [2.24, 2.45) is 5.92 Å². The van der Waals surface area contributed by atoms with E-state index in [1.54, 1.807) is 6.07 Å². The quantitative estimate of drug-likeness (QED) is 0.815. The molecule has 20 heavy (non-hydrogen) atoms. The van der Waals surface area contributed by atoms with Crippen LogP contribution in [0.2, 0.25) is 0 Å². The van der Waals surface area contributed by atoms with Crippen LogP contribution >= 0.6 is 0 Å². The van der Waals surface area contributed by atoms with Gasteiger partial charge in [-0.2, -0.15) is 0 Å². The van der Waals surface area contributed by atoms with E-state index in [1.807, 2.05) is 37.3 Å². The molecule has 0 amide bonds. The zero-order valence-corrected chi connectivity index (χ0v) is 12.2. The van der Waals surface area contributed by atoms with Gasteiger partial charge in [0.05, 0.1) is 0 Å². The van der Waals surface area contributed by atoms with Crippen molar-refractivity contribution < 1.29 is 4.42 Å². The van der Waals surface area contributed by atoms with E-state index in [-0.39, 0.29) is 5.63 Å². The summed E-state index contributed by atoms with van der Waals surface area (Å²) in [5.41, 5.74) is 2.70. The minimum absolute atomic E-state index is 0.289. The minimum Gasteiger partial charge on any atom is -0.427 e. The maximum atomic E-state index is 11.7. The van der Waals surface area contributed by atoms with Gasteiger partial charge in [-0.25, -0.2) is 4.79 Å². The third kappa shape index (κ3) is 3.27. The fraction of sp³-hybridized carbons (Fsp3) is 0.278. The SMILES string of the molecule is CCc1oc(=O)cc(-c2ccccc2)c1/C=C/C(C)C. The van der Waals surface area contributed by atoms with Gasteiger partial charge in [0.2, 0.25) is 0 Å². The van der Waals surface area contributed by atoms with Gasteiger partial charge in [-0.3, -0.25) is 0 Å². The highest BCUT2D eigenvalue weighted by molar-refractivity contribution is 5.75. The number of hydrogen-bond acceptors (Lipinski definition) is 2. The molecule has 0 saturated heterocycles. The average Bonchev–Trinajstić information content (AvgIpc) is 2.45. The lowest BCUT2D eigenvalue weighted by Gasteiger charge is -2.10. The summed E-state index contributed by atoms with van der Waals surface area (Å²) >= 11 is 0. The van der Waals surface area contributed by atoms with Gasteiger partial charge >= 0.3 is 5.63 Å². The summed E-state index contributed by atoms with van der Waals surface area (Å²) in [5, 5.41) is 0. The molecule has 0 radical (unpaired) electrons. The predicted octanol–water partition coefficient (Wildman–Crippen LogP) is 4.54. The van der Waals surface area contributed by atoms with Crippen molar-refractivity contribution in [3.63, 3.8) is 0 Å². The molecule has 0 atom stereocenters. The lowest BCUT2D eigenvalue weighted by Crippen LogP contribution is -2.04. The summed E-state index contributed by atoms with van der Waals surface area (Å²) < 4.78 is 5.35. The maximum absolute atomic E-state index is 11.7. The number of hydrogen-bond donors (Lipinski definition) is 0. The second-order valence-electron chi connectivity index (χ2n) is 5.14. The largest absolute Gasteiger partial charge is 0.427 e. The van der Waals surface area contributed by atoms with Crippen LogP contribution < -0.4 is 5.63 Å². The Hall–Kier alpha value is -2.09. The first-order valence-electron chi connectivity index (χ1n) is 7.02. The van der Waals surface area contributed by atoms with Gasteiger partial charge in [0.15, 0.2) is 0 Å². The van der Waals surface area contributed by atoms with Crippen molar-refractivity contribution in [3.05, 3.63) is 64.2 Å². The molecule has 0 N–H and O–H groups in total. The highest BCUT2D eigenvalue weighted by Gasteiger charge is 2.11. The van der Waals surface area contributed by atoms with E-state index in [9.17, 15) is 4.79 Å². The van der Waals surface area contributed by atoms with E-state index in [2.05, 4.69) is 26.0 Å². The van der Waals surface area contributed by atoms with Crippen molar-refractivity contribution in [1.82, 2.24) is 0 Å². The van der Waals surface area contributed by atoms with Crippen LogP contribution in [0.25, 0.3) is 17.2 Å². The van der Waals surface area contributed by atoms with Crippen LogP contribution in [0.3, 0.4) is 0 Å². The third-order valence-corrected chi connectivity index (χ3v) is 3.13. The molecule has 104 valence electrons. The summed E-state index contributed by atoms with van der Waals surface area (Å²) in [4.78, 5) is 11.7. The summed E-state index contributed by atoms with van der Waals surface area (Å²) in [6.07, 6.45) is 4.89. The number of rotatable bonds is 4. The fourth-order valence-electron chi connectivity index (χ4n) is 2.14. The second kappa shape index (κ2) is 6.38. The van der Waals surface area contributed by atoms with Crippen LogP contribution in [0.5, 0.6) is 0 Å². The molecule has 0 bridgehead atoms. The fourth-order valence-corrected chi connectivity index (χ4v) is 2.14. The Morgan fingerprint density at radius 1 is 1.20 bits per heavy atom. The minimum atomic E-state index is -0.289. The lowest BCUT2D eigenvalue weighted by molar-refractivity contribution is 0.464. The number of allylic oxidation sites excluding steroid dienone is 1. The Bertz CT molecular complexity index is 649. The first-order valence-corrected chi connectivity index (χ1v) is 7.02. The van der Waals surface area contributed by atoms with Crippen LogP contribution in [-0.2, 0) is 6.42 Å². The summed E-state index contributed by atoms with van der Waals surface area (Å²) in [6.45, 7) is 6.26. The van der Waals surface area contributed by atoms with E-state index in [0.29, 0.717) is 12.3 Å². The summed E-state index contributed by atoms with van der Waals surface area (Å²) in [5.74, 6) is 1.20. The molecule has 2 rings (SSSR count). The zero-order chi connectivity index (χ0) is 14.5. The molecule has 2 nitrogen and oxygen atoms in total. The van der Waals surface area contributed by atoms with E-state index < -0.39 is 0 Å². The normalized spacial score (nSPS) is 11.4. The topological polar surface area (TPSA) is 30.2 Å². The monoisotopic (exact) mass is 268 g/mol. The van der Waals surface area contributed by atoms with Gasteiger partial charge in [0.1, 0.15) is 5.76 Å². The highest BCUT2D eigenvalue weighted by Crippen LogP contribution is 2.26. The Morgan fingerprint density at radius 2 is 1.90 bits per heavy atom. The maximum Gasteiger partial charge on any atom is 0.336 e. The van der Waals surface area contributed by atoms with Crippen molar-refractivity contribution in [1.29, 1.82) is 0 Å². The standard InChI is InChI=1S/C18H20O2/c1-4-17-15(11-10-13(2)3)16(12-18(19)20-17)14-8-6-5-7-9-14/h5-13H,4H2,1-3H3/b11-10+. The van der Waals surface area contributed by atoms with Crippen molar-refractivity contribution >= 4 is 6.08 Å². The predicted molar refractivity (Wildman–Crippen MR) is 83.7 cm³/mol. The van der Waals surface area contributed by atoms with Crippen molar-refractivity contribution in [2.45, 2.75) is 27.2 Å². The zero-order valence-electron chi connectivity index (χ0n) is 12.2. The Labute approximate surface area is 119 Å². The molecule has 0 saturated carbocycles. The molecule has 1 heterocycles. The van der Waals surface area contributed by atoms with E-state index >= 15 is 0 Å². The molecule has 2 aromatic rings. The van der Waals surface area contributed by atoms with Crippen LogP contribution in [0.4, 0.5) is 0 Å². The molecule has 0 fully saturated rings. The molecule has 0 aliphatic heterocycles. The second-order valence-corrected chi connectivity index (χ2v) is 5.14. The van der Waals surface area contributed by atoms with Gasteiger partial charge in [-0.05, 0) is 17.0 Å². The Kier molecular flexibility index (Phi) is 4.57. The molecule has 1 aromatic carbocycles. The molecule has 0 aliphatic rings. The molecule has 2 heteroatoms. The Balaban J connectivity index is 2.65. The van der Waals surface area contributed by atoms with Crippen molar-refractivity contribution in [2.75, 3.05) is 0 Å². The molecule has 0 spiro atoms. The molecule has 0 unspecified atom stereocenters. The summed E-state index contributed by atoms with van der Waals surface area (Å²) in [7, 11) is 0. The highest BCUT2D eigenvalue weighted by atomic mass is 16.4. The average molecular weight is 268 g/mol. The van der Waals surface area contributed by atoms with Crippen LogP contribution in [0.1, 0.15) is 32.1 Å². The molecular weight excluding hydrogens is 248 g/mol. The number of aryl methyl sites for hydroxylation is 1. The lowest BCUT2D eigenvalue weighted by atomic mass is 9.98.